The van der Waals surface area contributed by atoms with Crippen molar-refractivity contribution in [3.63, 3.8) is 0 Å². The van der Waals surface area contributed by atoms with Crippen LogP contribution in [0.3, 0.4) is 0 Å². The SMILES string of the molecule is COc1nn(C(C)C(=O)Nc2cnn(COc3cccc(Cl)c3)c2)cc1[N+](=O)[O-]. The van der Waals surface area contributed by atoms with Crippen LogP contribution < -0.4 is 14.8 Å². The largest absolute Gasteiger partial charge is 0.475 e. The Bertz CT molecular complexity index is 1030. The van der Waals surface area contributed by atoms with E-state index in [2.05, 4.69) is 15.5 Å². The zero-order valence-electron chi connectivity index (χ0n) is 15.5. The Hall–Kier alpha value is -3.60. The van der Waals surface area contributed by atoms with Crippen LogP contribution >= 0.6 is 11.6 Å². The van der Waals surface area contributed by atoms with Gasteiger partial charge in [0.05, 0.1) is 30.1 Å². The van der Waals surface area contributed by atoms with Crippen LogP contribution in [-0.2, 0) is 11.5 Å². The summed E-state index contributed by atoms with van der Waals surface area (Å²) in [4.78, 5) is 22.8. The fraction of sp³-hybridized carbons (Fsp3) is 0.235. The number of nitro groups is 1. The maximum atomic E-state index is 12.5. The molecule has 0 saturated heterocycles. The summed E-state index contributed by atoms with van der Waals surface area (Å²) in [6, 6.07) is 6.12. The first-order chi connectivity index (χ1) is 13.9. The number of hydrogen-bond donors (Lipinski definition) is 1. The predicted molar refractivity (Wildman–Crippen MR) is 103 cm³/mol. The molecule has 1 aromatic carbocycles. The maximum absolute atomic E-state index is 12.5. The Balaban J connectivity index is 1.61. The van der Waals surface area contributed by atoms with Crippen LogP contribution in [0, 0.1) is 10.1 Å². The Labute approximate surface area is 169 Å². The third-order valence-corrected chi connectivity index (χ3v) is 4.14. The van der Waals surface area contributed by atoms with Crippen molar-refractivity contribution in [3.8, 4) is 11.6 Å². The minimum Gasteiger partial charge on any atom is -0.475 e. The molecule has 0 aliphatic heterocycles. The molecule has 3 rings (SSSR count). The molecule has 11 nitrogen and oxygen atoms in total. The molecular weight excluding hydrogens is 404 g/mol. The van der Waals surface area contributed by atoms with E-state index in [1.807, 2.05) is 0 Å². The number of carbonyl (C=O) groups is 1. The summed E-state index contributed by atoms with van der Waals surface area (Å²) in [6.45, 7) is 1.67. The van der Waals surface area contributed by atoms with Gasteiger partial charge in [-0.15, -0.1) is 5.10 Å². The molecule has 1 atom stereocenters. The van der Waals surface area contributed by atoms with Crippen molar-refractivity contribution in [2.24, 2.45) is 0 Å². The number of methoxy groups -OCH3 is 1. The number of ether oxygens (including phenoxy) is 2. The molecule has 0 fully saturated rings. The van der Waals surface area contributed by atoms with E-state index >= 15 is 0 Å². The fourth-order valence-corrected chi connectivity index (χ4v) is 2.58. The highest BCUT2D eigenvalue weighted by Gasteiger charge is 2.25. The molecule has 2 heterocycles. The molecule has 1 amide bonds. The fourth-order valence-electron chi connectivity index (χ4n) is 2.40. The third-order valence-electron chi connectivity index (χ3n) is 3.91. The lowest BCUT2D eigenvalue weighted by molar-refractivity contribution is -0.385. The van der Waals surface area contributed by atoms with Crippen molar-refractivity contribution in [1.82, 2.24) is 19.6 Å². The lowest BCUT2D eigenvalue weighted by Crippen LogP contribution is -2.23. The Morgan fingerprint density at radius 2 is 2.21 bits per heavy atom. The molecule has 1 N–H and O–H groups in total. The van der Waals surface area contributed by atoms with Crippen molar-refractivity contribution in [2.75, 3.05) is 12.4 Å². The molecule has 0 radical (unpaired) electrons. The van der Waals surface area contributed by atoms with Gasteiger partial charge in [-0.2, -0.15) is 5.10 Å². The van der Waals surface area contributed by atoms with Gasteiger partial charge >= 0.3 is 11.6 Å². The maximum Gasteiger partial charge on any atom is 0.350 e. The van der Waals surface area contributed by atoms with Gasteiger partial charge in [-0.05, 0) is 25.1 Å². The van der Waals surface area contributed by atoms with E-state index in [1.54, 1.807) is 37.4 Å². The summed E-state index contributed by atoms with van der Waals surface area (Å²) < 4.78 is 13.1. The molecule has 152 valence electrons. The lowest BCUT2D eigenvalue weighted by atomic mass is 10.3. The van der Waals surface area contributed by atoms with Crippen LogP contribution in [0.4, 0.5) is 11.4 Å². The van der Waals surface area contributed by atoms with Gasteiger partial charge in [0.15, 0.2) is 6.73 Å². The van der Waals surface area contributed by atoms with E-state index in [1.165, 1.54) is 22.7 Å². The molecule has 0 aliphatic carbocycles. The summed E-state index contributed by atoms with van der Waals surface area (Å²) in [5, 5.41) is 22.3. The molecule has 0 aliphatic rings. The van der Waals surface area contributed by atoms with E-state index in [0.29, 0.717) is 16.5 Å². The Morgan fingerprint density at radius 1 is 1.41 bits per heavy atom. The smallest absolute Gasteiger partial charge is 0.350 e. The van der Waals surface area contributed by atoms with Crippen molar-refractivity contribution >= 4 is 28.9 Å². The van der Waals surface area contributed by atoms with Crippen molar-refractivity contribution in [3.05, 3.63) is 58.0 Å². The number of aromatic nitrogens is 4. The standard InChI is InChI=1S/C17H17ClN6O5/c1-11(23-9-15(24(26)27)17(21-23)28-2)16(25)20-13-7-19-22(8-13)10-29-14-5-3-4-12(18)6-14/h3-9,11H,10H2,1-2H3,(H,20,25). The molecule has 12 heteroatoms. The highest BCUT2D eigenvalue weighted by Crippen LogP contribution is 2.26. The average Bonchev–Trinajstić information content (AvgIpc) is 3.32. The molecule has 1 unspecified atom stereocenters. The van der Waals surface area contributed by atoms with Crippen molar-refractivity contribution < 1.29 is 19.2 Å². The van der Waals surface area contributed by atoms with E-state index < -0.39 is 16.9 Å². The zero-order chi connectivity index (χ0) is 21.0. The average molecular weight is 421 g/mol. The van der Waals surface area contributed by atoms with Crippen molar-refractivity contribution in [1.29, 1.82) is 0 Å². The predicted octanol–water partition coefficient (Wildman–Crippen LogP) is 2.89. The lowest BCUT2D eigenvalue weighted by Gasteiger charge is -2.11. The highest BCUT2D eigenvalue weighted by molar-refractivity contribution is 6.30. The van der Waals surface area contributed by atoms with Crippen molar-refractivity contribution in [2.45, 2.75) is 19.7 Å². The number of nitrogens with zero attached hydrogens (tertiary/aromatic N) is 5. The molecule has 2 aromatic heterocycles. The third kappa shape index (κ3) is 4.82. The molecule has 0 saturated carbocycles. The van der Waals surface area contributed by atoms with Gasteiger partial charge in [0.2, 0.25) is 5.91 Å². The topological polar surface area (TPSA) is 126 Å². The molecule has 0 spiro atoms. The number of anilines is 1. The van der Waals surface area contributed by atoms with E-state index in [4.69, 9.17) is 21.1 Å². The normalized spacial score (nSPS) is 11.7. The number of nitrogens with one attached hydrogen (secondary N) is 1. The monoisotopic (exact) mass is 420 g/mol. The molecule has 3 aromatic rings. The number of benzene rings is 1. The van der Waals surface area contributed by atoms with Gasteiger partial charge in [0.25, 0.3) is 0 Å². The van der Waals surface area contributed by atoms with Gasteiger partial charge < -0.3 is 14.8 Å². The molecular formula is C17H17ClN6O5. The first kappa shape index (κ1) is 20.1. The quantitative estimate of drug-likeness (QED) is 0.438. The van der Waals surface area contributed by atoms with E-state index in [0.717, 1.165) is 6.20 Å². The number of hydrogen-bond acceptors (Lipinski definition) is 7. The first-order valence-electron chi connectivity index (χ1n) is 8.36. The minimum atomic E-state index is -0.816. The number of carbonyl (C=O) groups excluding carboxylic acids is 1. The van der Waals surface area contributed by atoms with Gasteiger partial charge in [0, 0.05) is 5.02 Å². The molecule has 0 bridgehead atoms. The number of amides is 1. The Morgan fingerprint density at radius 3 is 2.86 bits per heavy atom. The highest BCUT2D eigenvalue weighted by atomic mass is 35.5. The van der Waals surface area contributed by atoms with Crippen LogP contribution in [0.25, 0.3) is 0 Å². The van der Waals surface area contributed by atoms with Gasteiger partial charge in [-0.3, -0.25) is 14.9 Å². The van der Waals surface area contributed by atoms with E-state index in [9.17, 15) is 14.9 Å². The minimum absolute atomic E-state index is 0.119. The second kappa shape index (κ2) is 8.61. The van der Waals surface area contributed by atoms with Crippen LogP contribution in [0.5, 0.6) is 11.6 Å². The number of halogens is 1. The second-order valence-corrected chi connectivity index (χ2v) is 6.36. The summed E-state index contributed by atoms with van der Waals surface area (Å²) >= 11 is 5.90. The molecule has 29 heavy (non-hydrogen) atoms. The van der Waals surface area contributed by atoms with Crippen LogP contribution in [0.1, 0.15) is 13.0 Å². The summed E-state index contributed by atoms with van der Waals surface area (Å²) in [5.74, 6) is -0.0116. The van der Waals surface area contributed by atoms with Crippen LogP contribution in [0.2, 0.25) is 5.02 Å². The number of rotatable bonds is 8. The van der Waals surface area contributed by atoms with Gasteiger partial charge in [0.1, 0.15) is 18.0 Å². The van der Waals surface area contributed by atoms with Gasteiger partial charge in [-0.25, -0.2) is 9.36 Å². The van der Waals surface area contributed by atoms with Gasteiger partial charge in [-0.1, -0.05) is 17.7 Å². The summed E-state index contributed by atoms with van der Waals surface area (Å²) in [6.07, 6.45) is 4.19. The summed E-state index contributed by atoms with van der Waals surface area (Å²) in [7, 11) is 1.27. The zero-order valence-corrected chi connectivity index (χ0v) is 16.2. The Kier molecular flexibility index (Phi) is 5.98. The van der Waals surface area contributed by atoms with Crippen LogP contribution in [0.15, 0.2) is 42.9 Å². The van der Waals surface area contributed by atoms with E-state index in [-0.39, 0.29) is 18.3 Å². The second-order valence-electron chi connectivity index (χ2n) is 5.93. The van der Waals surface area contributed by atoms with Crippen LogP contribution in [-0.4, -0.2) is 37.5 Å². The first-order valence-corrected chi connectivity index (χ1v) is 8.74. The summed E-state index contributed by atoms with van der Waals surface area (Å²) in [5.41, 5.74) is 0.114.